The van der Waals surface area contributed by atoms with Crippen LogP contribution in [-0.4, -0.2) is 68.1 Å². The molecule has 0 unspecified atom stereocenters. The Morgan fingerprint density at radius 1 is 1.13 bits per heavy atom. The Bertz CT molecular complexity index is 856. The Balaban J connectivity index is 0.00000320. The van der Waals surface area contributed by atoms with Gasteiger partial charge in [0.15, 0.2) is 5.96 Å². The molecule has 7 nitrogen and oxygen atoms in total. The van der Waals surface area contributed by atoms with Gasteiger partial charge in [0.2, 0.25) is 0 Å². The summed E-state index contributed by atoms with van der Waals surface area (Å²) in [5.74, 6) is 1.14. The molecule has 162 valence electrons. The van der Waals surface area contributed by atoms with E-state index in [4.69, 9.17) is 0 Å². The fraction of sp³-hybridized carbons (Fsp3) is 0.381. The summed E-state index contributed by atoms with van der Waals surface area (Å²) in [6.45, 7) is 6.04. The molecule has 0 saturated carbocycles. The van der Waals surface area contributed by atoms with E-state index in [-0.39, 0.29) is 35.7 Å². The molecule has 2 aromatic rings. The van der Waals surface area contributed by atoms with Gasteiger partial charge in [-0.2, -0.15) is 0 Å². The van der Waals surface area contributed by atoms with E-state index in [2.05, 4.69) is 30.4 Å². The molecule has 1 aromatic heterocycles. The molecule has 0 radical (unpaired) electrons. The minimum absolute atomic E-state index is 0. The number of aromatic nitrogens is 1. The average Bonchev–Trinajstić information content (AvgIpc) is 2.76. The average molecular weight is 526 g/mol. The highest BCUT2D eigenvalue weighted by Gasteiger charge is 2.20. The zero-order chi connectivity index (χ0) is 20.6. The maximum absolute atomic E-state index is 13.6. The third-order valence-corrected chi connectivity index (χ3v) is 4.89. The summed E-state index contributed by atoms with van der Waals surface area (Å²) in [5.41, 5.74) is 0.846. The number of nitrogens with one attached hydrogen (secondary N) is 2. The number of hydrogen-bond acceptors (Lipinski definition) is 4. The lowest BCUT2D eigenvalue weighted by Gasteiger charge is -2.37. The van der Waals surface area contributed by atoms with Crippen LogP contribution in [0.1, 0.15) is 15.9 Å². The van der Waals surface area contributed by atoms with Gasteiger partial charge in [-0.15, -0.1) is 24.0 Å². The number of aryl methyl sites for hydroxylation is 1. The second kappa shape index (κ2) is 11.7. The first-order valence-corrected chi connectivity index (χ1v) is 9.74. The highest BCUT2D eigenvalue weighted by atomic mass is 127. The summed E-state index contributed by atoms with van der Waals surface area (Å²) in [6, 6.07) is 10.4. The third-order valence-electron chi connectivity index (χ3n) is 4.89. The Hall–Kier alpha value is -2.43. The van der Waals surface area contributed by atoms with Crippen LogP contribution in [0.3, 0.4) is 0 Å². The van der Waals surface area contributed by atoms with E-state index in [1.165, 1.54) is 6.07 Å². The van der Waals surface area contributed by atoms with E-state index in [9.17, 15) is 9.18 Å². The van der Waals surface area contributed by atoms with Crippen LogP contribution in [0.2, 0.25) is 0 Å². The number of halogens is 2. The van der Waals surface area contributed by atoms with Crippen molar-refractivity contribution in [2.45, 2.75) is 6.92 Å². The molecule has 1 aromatic carbocycles. The summed E-state index contributed by atoms with van der Waals surface area (Å²) in [7, 11) is 1.75. The van der Waals surface area contributed by atoms with Crippen molar-refractivity contribution in [3.05, 3.63) is 59.5 Å². The normalized spacial score (nSPS) is 14.2. The van der Waals surface area contributed by atoms with Crippen molar-refractivity contribution in [2.24, 2.45) is 4.99 Å². The molecule has 9 heteroatoms. The smallest absolute Gasteiger partial charge is 0.251 e. The van der Waals surface area contributed by atoms with E-state index in [0.717, 1.165) is 38.0 Å². The zero-order valence-corrected chi connectivity index (χ0v) is 19.6. The number of guanidine groups is 1. The molecule has 0 atom stereocenters. The summed E-state index contributed by atoms with van der Waals surface area (Å²) in [5, 5.41) is 6.07. The van der Waals surface area contributed by atoms with Crippen molar-refractivity contribution in [3.63, 3.8) is 0 Å². The second-order valence-corrected chi connectivity index (χ2v) is 6.86. The maximum atomic E-state index is 13.6. The van der Waals surface area contributed by atoms with Gasteiger partial charge in [0.1, 0.15) is 11.6 Å². The van der Waals surface area contributed by atoms with Gasteiger partial charge in [-0.05, 0) is 36.8 Å². The number of hydrogen-bond donors (Lipinski definition) is 2. The van der Waals surface area contributed by atoms with Crippen LogP contribution in [0.25, 0.3) is 0 Å². The van der Waals surface area contributed by atoms with Crippen molar-refractivity contribution in [1.29, 1.82) is 0 Å². The maximum Gasteiger partial charge on any atom is 0.251 e. The second-order valence-electron chi connectivity index (χ2n) is 6.86. The largest absolute Gasteiger partial charge is 0.354 e. The highest BCUT2D eigenvalue weighted by molar-refractivity contribution is 14.0. The first-order valence-electron chi connectivity index (χ1n) is 9.74. The minimum atomic E-state index is -0.374. The van der Waals surface area contributed by atoms with E-state index in [1.807, 2.05) is 24.4 Å². The van der Waals surface area contributed by atoms with Gasteiger partial charge >= 0.3 is 0 Å². The predicted octanol–water partition coefficient (Wildman–Crippen LogP) is 2.27. The number of amides is 1. The van der Waals surface area contributed by atoms with Crippen LogP contribution >= 0.6 is 24.0 Å². The number of rotatable bonds is 5. The zero-order valence-electron chi connectivity index (χ0n) is 17.3. The molecule has 0 bridgehead atoms. The molecule has 1 fully saturated rings. The van der Waals surface area contributed by atoms with Crippen molar-refractivity contribution in [2.75, 3.05) is 51.2 Å². The molecule has 30 heavy (non-hydrogen) atoms. The molecule has 2 heterocycles. The Kier molecular flexibility index (Phi) is 9.28. The lowest BCUT2D eigenvalue weighted by Crippen LogP contribution is -2.53. The van der Waals surface area contributed by atoms with Crippen LogP contribution in [-0.2, 0) is 0 Å². The van der Waals surface area contributed by atoms with Crippen LogP contribution in [0.4, 0.5) is 10.2 Å². The fourth-order valence-electron chi connectivity index (χ4n) is 3.21. The number of carbonyl (C=O) groups excluding carboxylic acids is 1. The van der Waals surface area contributed by atoms with Crippen LogP contribution in [0.5, 0.6) is 0 Å². The van der Waals surface area contributed by atoms with Crippen LogP contribution in [0, 0.1) is 12.7 Å². The molecule has 0 spiro atoms. The van der Waals surface area contributed by atoms with E-state index in [0.29, 0.717) is 24.2 Å². The van der Waals surface area contributed by atoms with Crippen molar-refractivity contribution in [3.8, 4) is 0 Å². The number of carbonyl (C=O) groups is 1. The van der Waals surface area contributed by atoms with Gasteiger partial charge in [0.25, 0.3) is 5.91 Å². The standard InChI is InChI=1S/C21H27FN6O.HI/c1-16-6-7-17(15-18(16)22)20(29)25-9-10-26-21(23-2)28-13-11-27(12-14-28)19-5-3-4-8-24-19;/h3-8,15H,9-14H2,1-2H3,(H,23,26)(H,25,29);1H. The predicted molar refractivity (Wildman–Crippen MR) is 128 cm³/mol. The lowest BCUT2D eigenvalue weighted by atomic mass is 10.1. The van der Waals surface area contributed by atoms with Crippen molar-refractivity contribution >= 4 is 41.7 Å². The summed E-state index contributed by atoms with van der Waals surface area (Å²) < 4.78 is 13.6. The molecule has 2 N–H and O–H groups in total. The number of aliphatic imine (C=N–C) groups is 1. The van der Waals surface area contributed by atoms with Crippen molar-refractivity contribution in [1.82, 2.24) is 20.5 Å². The van der Waals surface area contributed by atoms with Crippen LogP contribution in [0.15, 0.2) is 47.6 Å². The number of pyridine rings is 1. The Morgan fingerprint density at radius 3 is 2.50 bits per heavy atom. The number of nitrogens with zero attached hydrogens (tertiary/aromatic N) is 4. The molecule has 1 aliphatic heterocycles. The van der Waals surface area contributed by atoms with E-state index < -0.39 is 0 Å². The molecular formula is C21H28FIN6O. The van der Waals surface area contributed by atoms with Gasteiger partial charge in [-0.1, -0.05) is 12.1 Å². The first-order chi connectivity index (χ1) is 14.1. The van der Waals surface area contributed by atoms with Gasteiger partial charge in [0.05, 0.1) is 0 Å². The Labute approximate surface area is 193 Å². The van der Waals surface area contributed by atoms with Gasteiger partial charge in [0, 0.05) is 58.1 Å². The van der Waals surface area contributed by atoms with Gasteiger partial charge < -0.3 is 20.4 Å². The van der Waals surface area contributed by atoms with Crippen molar-refractivity contribution < 1.29 is 9.18 Å². The fourth-order valence-corrected chi connectivity index (χ4v) is 3.21. The monoisotopic (exact) mass is 526 g/mol. The number of anilines is 1. The molecular weight excluding hydrogens is 498 g/mol. The minimum Gasteiger partial charge on any atom is -0.354 e. The summed E-state index contributed by atoms with van der Waals surface area (Å²) in [6.07, 6.45) is 1.81. The Morgan fingerprint density at radius 2 is 1.87 bits per heavy atom. The number of piperazine rings is 1. The topological polar surface area (TPSA) is 72.9 Å². The first kappa shape index (κ1) is 23.8. The van der Waals surface area contributed by atoms with Gasteiger partial charge in [-0.3, -0.25) is 9.79 Å². The molecule has 0 aliphatic carbocycles. The third kappa shape index (κ3) is 6.28. The van der Waals surface area contributed by atoms with E-state index >= 15 is 0 Å². The van der Waals surface area contributed by atoms with E-state index in [1.54, 1.807) is 26.1 Å². The number of benzene rings is 1. The highest BCUT2D eigenvalue weighted by Crippen LogP contribution is 2.12. The molecule has 1 aliphatic rings. The van der Waals surface area contributed by atoms with Crippen LogP contribution < -0.4 is 15.5 Å². The summed E-state index contributed by atoms with van der Waals surface area (Å²) >= 11 is 0. The molecule has 1 saturated heterocycles. The quantitative estimate of drug-likeness (QED) is 0.271. The van der Waals surface area contributed by atoms with Gasteiger partial charge in [-0.25, -0.2) is 9.37 Å². The summed E-state index contributed by atoms with van der Waals surface area (Å²) in [4.78, 5) is 25.3. The SMILES string of the molecule is CN=C(NCCNC(=O)c1ccc(C)c(F)c1)N1CCN(c2ccccn2)CC1.I. The molecule has 3 rings (SSSR count). The lowest BCUT2D eigenvalue weighted by molar-refractivity contribution is 0.0954. The molecule has 1 amide bonds.